The molecule has 3 aromatic rings. The lowest BCUT2D eigenvalue weighted by Crippen LogP contribution is -2.09. The molecule has 1 aliphatic heterocycles. The number of benzene rings is 2. The molecule has 0 bridgehead atoms. The Balaban J connectivity index is 1.73. The zero-order valence-electron chi connectivity index (χ0n) is 15.0. The molecule has 1 saturated heterocycles. The van der Waals surface area contributed by atoms with Gasteiger partial charge in [0, 0.05) is 17.9 Å². The molecular weight excluding hydrogens is 382 g/mol. The summed E-state index contributed by atoms with van der Waals surface area (Å²) in [5.74, 6) is 2.28. The second kappa shape index (κ2) is 8.33. The molecule has 2 aromatic carbocycles. The van der Waals surface area contributed by atoms with E-state index in [9.17, 15) is 0 Å². The zero-order chi connectivity index (χ0) is 18.6. The normalized spacial score (nSPS) is 16.6. The van der Waals surface area contributed by atoms with E-state index in [0.717, 1.165) is 47.4 Å². The number of rotatable bonds is 6. The number of nitrogens with zero attached hydrogens (tertiary/aromatic N) is 3. The Kier molecular flexibility index (Phi) is 5.66. The fraction of sp³-hybridized carbons (Fsp3) is 0.300. The van der Waals surface area contributed by atoms with E-state index < -0.39 is 0 Å². The summed E-state index contributed by atoms with van der Waals surface area (Å²) in [5.41, 5.74) is 1.90. The third-order valence-corrected chi connectivity index (χ3v) is 5.84. The minimum Gasteiger partial charge on any atom is -0.495 e. The Labute approximate surface area is 167 Å². The summed E-state index contributed by atoms with van der Waals surface area (Å²) in [6, 6.07) is 15.7. The largest absolute Gasteiger partial charge is 0.495 e. The summed E-state index contributed by atoms with van der Waals surface area (Å²) in [6.07, 6.45) is 2.50. The summed E-state index contributed by atoms with van der Waals surface area (Å²) < 4.78 is 13.1. The van der Waals surface area contributed by atoms with Gasteiger partial charge in [-0.3, -0.25) is 4.57 Å². The van der Waals surface area contributed by atoms with Crippen molar-refractivity contribution in [3.05, 3.63) is 53.6 Å². The van der Waals surface area contributed by atoms with Gasteiger partial charge in [0.25, 0.3) is 0 Å². The van der Waals surface area contributed by atoms with Crippen molar-refractivity contribution in [3.63, 3.8) is 0 Å². The second-order valence-corrected chi connectivity index (χ2v) is 7.67. The SMILES string of the molecule is COc1ccc(-n2c(SCC3CCCO3)nnc2-c2ccccc2)cc1Cl. The van der Waals surface area contributed by atoms with E-state index in [1.807, 2.05) is 53.1 Å². The van der Waals surface area contributed by atoms with Crippen LogP contribution in [-0.4, -0.2) is 40.3 Å². The molecular formula is C20H20ClN3O2S. The minimum absolute atomic E-state index is 0.278. The highest BCUT2D eigenvalue weighted by molar-refractivity contribution is 7.99. The first-order chi connectivity index (χ1) is 13.3. The molecule has 0 spiro atoms. The van der Waals surface area contributed by atoms with Crippen LogP contribution in [0.5, 0.6) is 5.75 Å². The first-order valence-corrected chi connectivity index (χ1v) is 10.2. The molecule has 2 heterocycles. The van der Waals surface area contributed by atoms with Crippen LogP contribution in [0.15, 0.2) is 53.7 Å². The fourth-order valence-corrected chi connectivity index (χ4v) is 4.38. The number of hydrogen-bond donors (Lipinski definition) is 0. The van der Waals surface area contributed by atoms with E-state index in [1.165, 1.54) is 0 Å². The Hall–Kier alpha value is -2.02. The number of hydrogen-bond acceptors (Lipinski definition) is 5. The van der Waals surface area contributed by atoms with Gasteiger partial charge in [0.15, 0.2) is 11.0 Å². The van der Waals surface area contributed by atoms with Crippen LogP contribution in [0, 0.1) is 0 Å². The molecule has 0 N–H and O–H groups in total. The van der Waals surface area contributed by atoms with Crippen LogP contribution >= 0.6 is 23.4 Å². The number of ether oxygens (including phenoxy) is 2. The quantitative estimate of drug-likeness (QED) is 0.551. The van der Waals surface area contributed by atoms with E-state index in [-0.39, 0.29) is 6.10 Å². The van der Waals surface area contributed by atoms with E-state index in [1.54, 1.807) is 18.9 Å². The van der Waals surface area contributed by atoms with Gasteiger partial charge in [-0.15, -0.1) is 10.2 Å². The molecule has 0 aliphatic carbocycles. The van der Waals surface area contributed by atoms with Gasteiger partial charge in [-0.25, -0.2) is 0 Å². The lowest BCUT2D eigenvalue weighted by atomic mass is 10.2. The molecule has 1 aliphatic rings. The van der Waals surface area contributed by atoms with Gasteiger partial charge >= 0.3 is 0 Å². The van der Waals surface area contributed by atoms with Crippen LogP contribution in [0.1, 0.15) is 12.8 Å². The average molecular weight is 402 g/mol. The summed E-state index contributed by atoms with van der Waals surface area (Å²) >= 11 is 8.03. The molecule has 1 unspecified atom stereocenters. The van der Waals surface area contributed by atoms with Gasteiger partial charge in [0.2, 0.25) is 0 Å². The molecule has 0 saturated carbocycles. The number of halogens is 1. The van der Waals surface area contributed by atoms with Crippen LogP contribution in [0.25, 0.3) is 17.1 Å². The molecule has 1 atom stereocenters. The third kappa shape index (κ3) is 3.98. The van der Waals surface area contributed by atoms with Gasteiger partial charge in [-0.05, 0) is 31.0 Å². The van der Waals surface area contributed by atoms with E-state index >= 15 is 0 Å². The van der Waals surface area contributed by atoms with E-state index in [2.05, 4.69) is 10.2 Å². The molecule has 0 radical (unpaired) electrons. The lowest BCUT2D eigenvalue weighted by Gasteiger charge is -2.13. The van der Waals surface area contributed by atoms with Gasteiger partial charge in [0.1, 0.15) is 5.75 Å². The van der Waals surface area contributed by atoms with Gasteiger partial charge < -0.3 is 9.47 Å². The van der Waals surface area contributed by atoms with E-state index in [0.29, 0.717) is 10.8 Å². The Morgan fingerprint density at radius 3 is 2.78 bits per heavy atom. The molecule has 1 fully saturated rings. The Morgan fingerprint density at radius 2 is 2.07 bits per heavy atom. The molecule has 7 heteroatoms. The first-order valence-electron chi connectivity index (χ1n) is 8.85. The van der Waals surface area contributed by atoms with Gasteiger partial charge in [-0.2, -0.15) is 0 Å². The smallest absolute Gasteiger partial charge is 0.196 e. The predicted molar refractivity (Wildman–Crippen MR) is 108 cm³/mol. The van der Waals surface area contributed by atoms with Crippen molar-refractivity contribution < 1.29 is 9.47 Å². The van der Waals surface area contributed by atoms with Crippen molar-refractivity contribution in [1.29, 1.82) is 0 Å². The summed E-state index contributed by atoms with van der Waals surface area (Å²) in [6.45, 7) is 0.848. The maximum atomic E-state index is 6.37. The Morgan fingerprint density at radius 1 is 1.22 bits per heavy atom. The van der Waals surface area contributed by atoms with Gasteiger partial charge in [-0.1, -0.05) is 53.7 Å². The molecule has 5 nitrogen and oxygen atoms in total. The summed E-state index contributed by atoms with van der Waals surface area (Å²) in [5, 5.41) is 10.3. The summed E-state index contributed by atoms with van der Waals surface area (Å²) in [7, 11) is 1.61. The van der Waals surface area contributed by atoms with Crippen molar-refractivity contribution in [2.45, 2.75) is 24.1 Å². The van der Waals surface area contributed by atoms with Crippen molar-refractivity contribution in [2.75, 3.05) is 19.5 Å². The van der Waals surface area contributed by atoms with Crippen molar-refractivity contribution in [2.24, 2.45) is 0 Å². The van der Waals surface area contributed by atoms with E-state index in [4.69, 9.17) is 21.1 Å². The second-order valence-electron chi connectivity index (χ2n) is 6.27. The third-order valence-electron chi connectivity index (χ3n) is 4.48. The molecule has 1 aromatic heterocycles. The number of thioether (sulfide) groups is 1. The molecule has 0 amide bonds. The monoisotopic (exact) mass is 401 g/mol. The topological polar surface area (TPSA) is 49.2 Å². The number of aromatic nitrogens is 3. The van der Waals surface area contributed by atoms with Crippen LogP contribution < -0.4 is 4.74 Å². The maximum Gasteiger partial charge on any atom is 0.196 e. The highest BCUT2D eigenvalue weighted by Crippen LogP contribution is 2.33. The minimum atomic E-state index is 0.278. The van der Waals surface area contributed by atoms with Crippen LogP contribution in [-0.2, 0) is 4.74 Å². The maximum absolute atomic E-state index is 6.37. The first kappa shape index (κ1) is 18.3. The fourth-order valence-electron chi connectivity index (χ4n) is 3.11. The standard InChI is InChI=1S/C20H20ClN3O2S/c1-25-18-10-9-15(12-17(18)21)24-19(14-6-3-2-4-7-14)22-23-20(24)27-13-16-8-5-11-26-16/h2-4,6-7,9-10,12,16H,5,8,11,13H2,1H3. The van der Waals surface area contributed by atoms with Crippen LogP contribution in [0.4, 0.5) is 0 Å². The molecule has 4 rings (SSSR count). The zero-order valence-corrected chi connectivity index (χ0v) is 16.5. The highest BCUT2D eigenvalue weighted by atomic mass is 35.5. The van der Waals surface area contributed by atoms with Gasteiger partial charge in [0.05, 0.1) is 23.9 Å². The molecule has 27 heavy (non-hydrogen) atoms. The number of methoxy groups -OCH3 is 1. The average Bonchev–Trinajstić information content (AvgIpc) is 3.36. The van der Waals surface area contributed by atoms with Crippen LogP contribution in [0.3, 0.4) is 0 Å². The van der Waals surface area contributed by atoms with Crippen LogP contribution in [0.2, 0.25) is 5.02 Å². The van der Waals surface area contributed by atoms with Crippen molar-refractivity contribution in [3.8, 4) is 22.8 Å². The molecule has 140 valence electrons. The summed E-state index contributed by atoms with van der Waals surface area (Å²) in [4.78, 5) is 0. The lowest BCUT2D eigenvalue weighted by molar-refractivity contribution is 0.129. The highest BCUT2D eigenvalue weighted by Gasteiger charge is 2.21. The Bertz CT molecular complexity index is 911. The predicted octanol–water partition coefficient (Wildman–Crippen LogP) is 4.87. The van der Waals surface area contributed by atoms with Crippen molar-refractivity contribution in [1.82, 2.24) is 14.8 Å². The van der Waals surface area contributed by atoms with Crippen molar-refractivity contribution >= 4 is 23.4 Å².